The highest BCUT2D eigenvalue weighted by Gasteiger charge is 2.42. The number of nitrogens with zero attached hydrogens (tertiary/aromatic N) is 1. The minimum Gasteiger partial charge on any atom is -0.327 e. The van der Waals surface area contributed by atoms with Gasteiger partial charge in [0.1, 0.15) is 0 Å². The van der Waals surface area contributed by atoms with E-state index in [1.807, 2.05) is 0 Å². The van der Waals surface area contributed by atoms with Gasteiger partial charge in [0.25, 0.3) is 0 Å². The van der Waals surface area contributed by atoms with Crippen LogP contribution in [0.2, 0.25) is 0 Å². The Kier molecular flexibility index (Phi) is 3.76. The lowest BCUT2D eigenvalue weighted by atomic mass is 9.98. The monoisotopic (exact) mass is 313 g/mol. The van der Waals surface area contributed by atoms with E-state index in [2.05, 4.69) is 5.32 Å². The van der Waals surface area contributed by atoms with Crippen molar-refractivity contribution < 1.29 is 18.0 Å². The number of fused-ring (bicyclic) bond motifs is 1. The SMILES string of the molecule is NC1CCC2CN(C(=O)Nc3cccc(C(F)(F)F)c3)CC12. The van der Waals surface area contributed by atoms with Gasteiger partial charge in [-0.1, -0.05) is 6.07 Å². The highest BCUT2D eigenvalue weighted by atomic mass is 19.4. The third-order valence-corrected chi connectivity index (χ3v) is 4.64. The van der Waals surface area contributed by atoms with Crippen molar-refractivity contribution in [1.82, 2.24) is 4.90 Å². The maximum atomic E-state index is 12.7. The molecular weight excluding hydrogens is 295 g/mol. The maximum absolute atomic E-state index is 12.7. The molecule has 1 saturated carbocycles. The van der Waals surface area contributed by atoms with Crippen LogP contribution in [0.15, 0.2) is 24.3 Å². The van der Waals surface area contributed by atoms with E-state index in [0.717, 1.165) is 25.0 Å². The summed E-state index contributed by atoms with van der Waals surface area (Å²) in [5.74, 6) is 0.731. The number of urea groups is 1. The van der Waals surface area contributed by atoms with Gasteiger partial charge in [-0.25, -0.2) is 4.79 Å². The van der Waals surface area contributed by atoms with Crippen LogP contribution in [0.1, 0.15) is 18.4 Å². The van der Waals surface area contributed by atoms with Crippen molar-refractivity contribution in [2.75, 3.05) is 18.4 Å². The fraction of sp³-hybridized carbons (Fsp3) is 0.533. The summed E-state index contributed by atoms with van der Waals surface area (Å²) in [4.78, 5) is 13.9. The minimum absolute atomic E-state index is 0.122. The van der Waals surface area contributed by atoms with Crippen LogP contribution in [0.5, 0.6) is 0 Å². The molecule has 0 aromatic heterocycles. The van der Waals surface area contributed by atoms with Crippen molar-refractivity contribution in [2.24, 2.45) is 17.6 Å². The standard InChI is InChI=1S/C15H18F3N3O/c16-15(17,18)10-2-1-3-11(6-10)20-14(22)21-7-9-4-5-13(19)12(9)8-21/h1-3,6,9,12-13H,4-5,7-8,19H2,(H,20,22). The van der Waals surface area contributed by atoms with Gasteiger partial charge in [0, 0.05) is 24.8 Å². The molecule has 7 heteroatoms. The Bertz CT molecular complexity index is 575. The third kappa shape index (κ3) is 2.90. The van der Waals surface area contributed by atoms with E-state index in [-0.39, 0.29) is 17.8 Å². The quantitative estimate of drug-likeness (QED) is 0.837. The van der Waals surface area contributed by atoms with Crippen LogP contribution < -0.4 is 11.1 Å². The molecule has 3 N–H and O–H groups in total. The largest absolute Gasteiger partial charge is 0.416 e. The molecule has 3 rings (SSSR count). The number of nitrogens with one attached hydrogen (secondary N) is 1. The number of rotatable bonds is 1. The normalized spacial score (nSPS) is 27.8. The van der Waals surface area contributed by atoms with Crippen LogP contribution in [0.25, 0.3) is 0 Å². The molecule has 1 aromatic carbocycles. The summed E-state index contributed by atoms with van der Waals surface area (Å²) < 4.78 is 38.0. The predicted molar refractivity (Wildman–Crippen MR) is 76.2 cm³/mol. The number of benzene rings is 1. The number of hydrogen-bond acceptors (Lipinski definition) is 2. The van der Waals surface area contributed by atoms with E-state index in [4.69, 9.17) is 5.73 Å². The summed E-state index contributed by atoms with van der Waals surface area (Å²) in [7, 11) is 0. The van der Waals surface area contributed by atoms with Gasteiger partial charge in [0.15, 0.2) is 0 Å². The van der Waals surface area contributed by atoms with Crippen LogP contribution in [-0.4, -0.2) is 30.1 Å². The minimum atomic E-state index is -4.42. The lowest BCUT2D eigenvalue weighted by molar-refractivity contribution is -0.137. The third-order valence-electron chi connectivity index (χ3n) is 4.64. The second-order valence-electron chi connectivity index (χ2n) is 6.08. The lowest BCUT2D eigenvalue weighted by Crippen LogP contribution is -2.36. The number of anilines is 1. The van der Waals surface area contributed by atoms with Crippen molar-refractivity contribution in [3.63, 3.8) is 0 Å². The molecule has 1 aliphatic heterocycles. The smallest absolute Gasteiger partial charge is 0.327 e. The van der Waals surface area contributed by atoms with Crippen LogP contribution in [0, 0.1) is 11.8 Å². The Morgan fingerprint density at radius 2 is 2.05 bits per heavy atom. The Hall–Kier alpha value is -1.76. The first-order valence-corrected chi connectivity index (χ1v) is 7.33. The molecule has 4 nitrogen and oxygen atoms in total. The summed E-state index contributed by atoms with van der Waals surface area (Å²) in [6.07, 6.45) is -2.42. The molecule has 3 atom stereocenters. The van der Waals surface area contributed by atoms with Crippen molar-refractivity contribution in [2.45, 2.75) is 25.1 Å². The first-order valence-electron chi connectivity index (χ1n) is 7.33. The zero-order valence-corrected chi connectivity index (χ0v) is 11.9. The maximum Gasteiger partial charge on any atom is 0.416 e. The molecule has 0 bridgehead atoms. The van der Waals surface area contributed by atoms with E-state index in [1.54, 1.807) is 4.90 Å². The molecule has 22 heavy (non-hydrogen) atoms. The number of alkyl halides is 3. The number of carbonyl (C=O) groups excluding carboxylic acids is 1. The number of amides is 2. The first-order chi connectivity index (χ1) is 10.3. The number of nitrogens with two attached hydrogens (primary N) is 1. The topological polar surface area (TPSA) is 58.4 Å². The fourth-order valence-corrected chi connectivity index (χ4v) is 3.45. The number of halogens is 3. The van der Waals surface area contributed by atoms with Gasteiger partial charge in [0.2, 0.25) is 0 Å². The summed E-state index contributed by atoms with van der Waals surface area (Å²) in [5, 5.41) is 2.55. The average molecular weight is 313 g/mol. The molecule has 0 spiro atoms. The lowest BCUT2D eigenvalue weighted by Gasteiger charge is -2.19. The van der Waals surface area contributed by atoms with E-state index in [9.17, 15) is 18.0 Å². The van der Waals surface area contributed by atoms with Gasteiger partial charge in [-0.15, -0.1) is 0 Å². The van der Waals surface area contributed by atoms with Crippen LogP contribution in [0.3, 0.4) is 0 Å². The van der Waals surface area contributed by atoms with Crippen molar-refractivity contribution in [3.05, 3.63) is 29.8 Å². The zero-order chi connectivity index (χ0) is 15.9. The van der Waals surface area contributed by atoms with E-state index >= 15 is 0 Å². The van der Waals surface area contributed by atoms with Crippen LogP contribution >= 0.6 is 0 Å². The molecule has 0 radical (unpaired) electrons. The first kappa shape index (κ1) is 15.1. The van der Waals surface area contributed by atoms with Gasteiger partial charge in [-0.3, -0.25) is 0 Å². The van der Waals surface area contributed by atoms with Crippen molar-refractivity contribution >= 4 is 11.7 Å². The average Bonchev–Trinajstić information content (AvgIpc) is 3.01. The van der Waals surface area contributed by atoms with E-state index in [1.165, 1.54) is 12.1 Å². The summed E-state index contributed by atoms with van der Waals surface area (Å²) in [6.45, 7) is 1.21. The Morgan fingerprint density at radius 1 is 1.27 bits per heavy atom. The van der Waals surface area contributed by atoms with Crippen LogP contribution in [-0.2, 0) is 6.18 Å². The summed E-state index contributed by atoms with van der Waals surface area (Å²) >= 11 is 0. The molecule has 2 aliphatic rings. The predicted octanol–water partition coefficient (Wildman–Crippen LogP) is 2.91. The molecule has 1 heterocycles. The Labute approximate surface area is 126 Å². The highest BCUT2D eigenvalue weighted by Crippen LogP contribution is 2.37. The number of hydrogen-bond donors (Lipinski definition) is 2. The number of likely N-dealkylation sites (tertiary alicyclic amines) is 1. The van der Waals surface area contributed by atoms with Gasteiger partial charge < -0.3 is 16.0 Å². The molecule has 2 fully saturated rings. The van der Waals surface area contributed by atoms with Crippen molar-refractivity contribution in [3.8, 4) is 0 Å². The Balaban J connectivity index is 1.66. The van der Waals surface area contributed by atoms with Gasteiger partial charge in [-0.2, -0.15) is 13.2 Å². The van der Waals surface area contributed by atoms with Crippen LogP contribution in [0.4, 0.5) is 23.7 Å². The molecular formula is C15H18F3N3O. The second-order valence-corrected chi connectivity index (χ2v) is 6.08. The molecule has 3 unspecified atom stereocenters. The highest BCUT2D eigenvalue weighted by molar-refractivity contribution is 5.89. The molecule has 1 saturated heterocycles. The molecule has 1 aromatic rings. The molecule has 2 amide bonds. The fourth-order valence-electron chi connectivity index (χ4n) is 3.45. The van der Waals surface area contributed by atoms with E-state index in [0.29, 0.717) is 24.9 Å². The van der Waals surface area contributed by atoms with Crippen molar-refractivity contribution in [1.29, 1.82) is 0 Å². The summed E-state index contributed by atoms with van der Waals surface area (Å²) in [5.41, 5.74) is 5.40. The van der Waals surface area contributed by atoms with Gasteiger partial charge in [-0.05, 0) is 42.9 Å². The van der Waals surface area contributed by atoms with Gasteiger partial charge >= 0.3 is 12.2 Å². The molecule has 120 valence electrons. The number of carbonyl (C=O) groups is 1. The van der Waals surface area contributed by atoms with E-state index < -0.39 is 11.7 Å². The summed E-state index contributed by atoms with van der Waals surface area (Å²) in [6, 6.07) is 4.43. The zero-order valence-electron chi connectivity index (χ0n) is 11.9. The Morgan fingerprint density at radius 3 is 2.73 bits per heavy atom. The second kappa shape index (κ2) is 5.46. The molecule has 1 aliphatic carbocycles. The van der Waals surface area contributed by atoms with Gasteiger partial charge in [0.05, 0.1) is 5.56 Å².